The third kappa shape index (κ3) is 4.59. The van der Waals surface area contributed by atoms with Crippen molar-refractivity contribution in [3.05, 3.63) is 72.3 Å². The highest BCUT2D eigenvalue weighted by molar-refractivity contribution is 5.92. The number of aromatic nitrogens is 2. The lowest BCUT2D eigenvalue weighted by molar-refractivity contribution is -0.120. The minimum Gasteiger partial charge on any atom is -0.356 e. The lowest BCUT2D eigenvalue weighted by Crippen LogP contribution is -2.38. The molecule has 0 radical (unpaired) electrons. The maximum absolute atomic E-state index is 13.3. The third-order valence-corrected chi connectivity index (χ3v) is 5.28. The summed E-state index contributed by atoms with van der Waals surface area (Å²) in [6, 6.07) is 16.2. The molecule has 0 aliphatic carbocycles. The number of benzene rings is 2. The first-order valence-corrected chi connectivity index (χ1v) is 9.79. The average Bonchev–Trinajstić information content (AvgIpc) is 2.74. The fourth-order valence-corrected chi connectivity index (χ4v) is 3.58. The predicted molar refractivity (Wildman–Crippen MR) is 112 cm³/mol. The topological polar surface area (TPSA) is 58.1 Å². The molecule has 1 aliphatic heterocycles. The maximum Gasteiger partial charge on any atom is 0.227 e. The molecule has 2 aromatic carbocycles. The van der Waals surface area contributed by atoms with Gasteiger partial charge in [-0.1, -0.05) is 35.9 Å². The summed E-state index contributed by atoms with van der Waals surface area (Å²) in [6.45, 7) is 3.54. The summed E-state index contributed by atoms with van der Waals surface area (Å²) in [6.07, 6.45) is 3.04. The zero-order valence-electron chi connectivity index (χ0n) is 16.3. The Kier molecular flexibility index (Phi) is 5.51. The standard InChI is InChI=1S/C23H23FN4O/c1-16-5-7-17(8-6-16)21-14-22(26-15-25-21)28-11-9-18(10-12-28)23(29)27-20-4-2-3-19(24)13-20/h2-8,13-15,18H,9-12H2,1H3,(H,27,29). The molecular weight excluding hydrogens is 367 g/mol. The molecule has 1 saturated heterocycles. The number of hydrogen-bond acceptors (Lipinski definition) is 4. The number of carbonyl (C=O) groups is 1. The SMILES string of the molecule is Cc1ccc(-c2cc(N3CCC(C(=O)Nc4cccc(F)c4)CC3)ncn2)cc1. The van der Waals surface area contributed by atoms with E-state index in [0.29, 0.717) is 5.69 Å². The number of nitrogens with zero attached hydrogens (tertiary/aromatic N) is 3. The van der Waals surface area contributed by atoms with Gasteiger partial charge in [0.2, 0.25) is 5.91 Å². The second kappa shape index (κ2) is 8.39. The fraction of sp³-hybridized carbons (Fsp3) is 0.261. The molecule has 1 aromatic heterocycles. The van der Waals surface area contributed by atoms with E-state index in [-0.39, 0.29) is 17.6 Å². The van der Waals surface area contributed by atoms with Crippen molar-refractivity contribution in [2.75, 3.05) is 23.3 Å². The van der Waals surface area contributed by atoms with Crippen molar-refractivity contribution in [3.63, 3.8) is 0 Å². The minimum absolute atomic E-state index is 0.0571. The Morgan fingerprint density at radius 1 is 1.07 bits per heavy atom. The van der Waals surface area contributed by atoms with E-state index < -0.39 is 0 Å². The Hall–Kier alpha value is -3.28. The van der Waals surface area contributed by atoms with E-state index in [4.69, 9.17) is 0 Å². The number of rotatable bonds is 4. The van der Waals surface area contributed by atoms with Crippen molar-refractivity contribution in [2.24, 2.45) is 5.92 Å². The second-order valence-electron chi connectivity index (χ2n) is 7.39. The molecule has 29 heavy (non-hydrogen) atoms. The number of aryl methyl sites for hydroxylation is 1. The Labute approximate surface area is 169 Å². The van der Waals surface area contributed by atoms with E-state index in [0.717, 1.165) is 43.0 Å². The van der Waals surface area contributed by atoms with Crippen LogP contribution in [0.4, 0.5) is 15.9 Å². The molecule has 1 fully saturated rings. The quantitative estimate of drug-likeness (QED) is 0.715. The molecule has 3 aromatic rings. The van der Waals surface area contributed by atoms with Gasteiger partial charge in [-0.2, -0.15) is 0 Å². The van der Waals surface area contributed by atoms with Gasteiger partial charge in [0.05, 0.1) is 5.69 Å². The van der Waals surface area contributed by atoms with Gasteiger partial charge in [0, 0.05) is 36.3 Å². The Morgan fingerprint density at radius 2 is 1.83 bits per heavy atom. The first-order valence-electron chi connectivity index (χ1n) is 9.79. The van der Waals surface area contributed by atoms with Gasteiger partial charge in [0.25, 0.3) is 0 Å². The largest absolute Gasteiger partial charge is 0.356 e. The molecule has 4 rings (SSSR count). The molecule has 0 atom stereocenters. The van der Waals surface area contributed by atoms with Crippen molar-refractivity contribution >= 4 is 17.4 Å². The van der Waals surface area contributed by atoms with Gasteiger partial charge in [0.15, 0.2) is 0 Å². The normalized spacial score (nSPS) is 14.6. The highest BCUT2D eigenvalue weighted by Gasteiger charge is 2.26. The first-order chi connectivity index (χ1) is 14.1. The van der Waals surface area contributed by atoms with Crippen LogP contribution in [0.5, 0.6) is 0 Å². The number of carbonyl (C=O) groups excluding carboxylic acids is 1. The van der Waals surface area contributed by atoms with Crippen LogP contribution >= 0.6 is 0 Å². The molecule has 6 heteroatoms. The number of nitrogens with one attached hydrogen (secondary N) is 1. The summed E-state index contributed by atoms with van der Waals surface area (Å²) in [5.41, 5.74) is 3.65. The van der Waals surface area contributed by atoms with Gasteiger partial charge in [-0.25, -0.2) is 14.4 Å². The van der Waals surface area contributed by atoms with Crippen LogP contribution < -0.4 is 10.2 Å². The van der Waals surface area contributed by atoms with Crippen LogP contribution in [0.1, 0.15) is 18.4 Å². The highest BCUT2D eigenvalue weighted by Crippen LogP contribution is 2.26. The van der Waals surface area contributed by atoms with Crippen LogP contribution in [-0.4, -0.2) is 29.0 Å². The van der Waals surface area contributed by atoms with Crippen molar-refractivity contribution in [1.29, 1.82) is 0 Å². The number of halogens is 1. The van der Waals surface area contributed by atoms with E-state index in [1.54, 1.807) is 18.5 Å². The average molecular weight is 390 g/mol. The van der Waals surface area contributed by atoms with Gasteiger partial charge in [0.1, 0.15) is 18.0 Å². The van der Waals surface area contributed by atoms with E-state index >= 15 is 0 Å². The van der Waals surface area contributed by atoms with Gasteiger partial charge in [-0.3, -0.25) is 4.79 Å². The number of anilines is 2. The fourth-order valence-electron chi connectivity index (χ4n) is 3.58. The Balaban J connectivity index is 1.39. The van der Waals surface area contributed by atoms with Gasteiger partial charge in [-0.05, 0) is 38.0 Å². The third-order valence-electron chi connectivity index (χ3n) is 5.28. The van der Waals surface area contributed by atoms with Crippen LogP contribution in [0.15, 0.2) is 60.9 Å². The van der Waals surface area contributed by atoms with Crippen molar-refractivity contribution in [2.45, 2.75) is 19.8 Å². The van der Waals surface area contributed by atoms with Crippen molar-refractivity contribution < 1.29 is 9.18 Å². The first kappa shape index (κ1) is 19.1. The van der Waals surface area contributed by atoms with Gasteiger partial charge in [-0.15, -0.1) is 0 Å². The molecule has 1 amide bonds. The lowest BCUT2D eigenvalue weighted by Gasteiger charge is -2.32. The van der Waals surface area contributed by atoms with E-state index in [9.17, 15) is 9.18 Å². The van der Waals surface area contributed by atoms with Crippen LogP contribution in [0.3, 0.4) is 0 Å². The van der Waals surface area contributed by atoms with E-state index in [2.05, 4.69) is 51.4 Å². The summed E-state index contributed by atoms with van der Waals surface area (Å²) in [5.74, 6) is 0.372. The van der Waals surface area contributed by atoms with E-state index in [1.807, 2.05) is 6.07 Å². The Bertz CT molecular complexity index is 998. The summed E-state index contributed by atoms with van der Waals surface area (Å²) >= 11 is 0. The second-order valence-corrected chi connectivity index (χ2v) is 7.39. The molecule has 148 valence electrons. The zero-order valence-corrected chi connectivity index (χ0v) is 16.3. The highest BCUT2D eigenvalue weighted by atomic mass is 19.1. The summed E-state index contributed by atoms with van der Waals surface area (Å²) < 4.78 is 13.3. The van der Waals surface area contributed by atoms with Crippen molar-refractivity contribution in [3.8, 4) is 11.3 Å². The molecule has 0 unspecified atom stereocenters. The number of hydrogen-bond donors (Lipinski definition) is 1. The van der Waals surface area contributed by atoms with Crippen LogP contribution in [0.2, 0.25) is 0 Å². The monoisotopic (exact) mass is 390 g/mol. The molecule has 0 saturated carbocycles. The lowest BCUT2D eigenvalue weighted by atomic mass is 9.95. The molecule has 0 bridgehead atoms. The molecule has 0 spiro atoms. The van der Waals surface area contributed by atoms with Crippen LogP contribution in [-0.2, 0) is 4.79 Å². The molecule has 1 aliphatic rings. The molecule has 5 nitrogen and oxygen atoms in total. The molecule has 2 heterocycles. The summed E-state index contributed by atoms with van der Waals surface area (Å²) in [7, 11) is 0. The van der Waals surface area contributed by atoms with Gasteiger partial charge < -0.3 is 10.2 Å². The summed E-state index contributed by atoms with van der Waals surface area (Å²) in [4.78, 5) is 23.5. The summed E-state index contributed by atoms with van der Waals surface area (Å²) in [5, 5.41) is 2.82. The molecular formula is C23H23FN4O. The number of amides is 1. The van der Waals surface area contributed by atoms with Gasteiger partial charge >= 0.3 is 0 Å². The Morgan fingerprint density at radius 3 is 2.55 bits per heavy atom. The van der Waals surface area contributed by atoms with E-state index in [1.165, 1.54) is 17.7 Å². The molecule has 1 N–H and O–H groups in total. The maximum atomic E-state index is 13.3. The van der Waals surface area contributed by atoms with Crippen molar-refractivity contribution in [1.82, 2.24) is 9.97 Å². The minimum atomic E-state index is -0.356. The van der Waals surface area contributed by atoms with Crippen LogP contribution in [0, 0.1) is 18.7 Å². The smallest absolute Gasteiger partial charge is 0.227 e. The predicted octanol–water partition coefficient (Wildman–Crippen LogP) is 4.45. The zero-order chi connectivity index (χ0) is 20.2. The van der Waals surface area contributed by atoms with Crippen LogP contribution in [0.25, 0.3) is 11.3 Å². The number of piperidine rings is 1.